The van der Waals surface area contributed by atoms with Crippen LogP contribution < -0.4 is 11.1 Å². The minimum atomic E-state index is -0.600. The molecule has 0 saturated heterocycles. The van der Waals surface area contributed by atoms with Crippen molar-refractivity contribution in [3.63, 3.8) is 0 Å². The summed E-state index contributed by atoms with van der Waals surface area (Å²) in [6.45, 7) is 2.46. The highest BCUT2D eigenvalue weighted by atomic mass is 32.1. The van der Waals surface area contributed by atoms with E-state index < -0.39 is 5.91 Å². The molecule has 22 heavy (non-hydrogen) atoms. The van der Waals surface area contributed by atoms with Gasteiger partial charge in [0.1, 0.15) is 10.0 Å². The molecule has 0 radical (unpaired) electrons. The summed E-state index contributed by atoms with van der Waals surface area (Å²) in [5, 5.41) is 4.30. The van der Waals surface area contributed by atoms with Crippen LogP contribution in [0.5, 0.6) is 0 Å². The second-order valence-electron chi connectivity index (χ2n) is 4.41. The van der Waals surface area contributed by atoms with Crippen molar-refractivity contribution in [2.75, 3.05) is 18.5 Å². The monoisotopic (exact) mass is 319 g/mol. The number of thiazole rings is 1. The van der Waals surface area contributed by atoms with Gasteiger partial charge in [0.05, 0.1) is 13.0 Å². The number of amides is 1. The highest BCUT2D eigenvalue weighted by Crippen LogP contribution is 2.31. The summed E-state index contributed by atoms with van der Waals surface area (Å²) in [4.78, 5) is 27.1. The van der Waals surface area contributed by atoms with Crippen LogP contribution in [0, 0.1) is 0 Å². The maximum Gasteiger partial charge on any atom is 0.307 e. The molecule has 1 aromatic carbocycles. The number of anilines is 1. The lowest BCUT2D eigenvalue weighted by atomic mass is 10.2. The Labute approximate surface area is 132 Å². The van der Waals surface area contributed by atoms with Crippen molar-refractivity contribution in [2.24, 2.45) is 5.73 Å². The molecule has 2 aromatic rings. The molecule has 0 atom stereocenters. The second kappa shape index (κ2) is 7.56. The van der Waals surface area contributed by atoms with Gasteiger partial charge in [-0.05, 0) is 6.92 Å². The number of rotatable bonds is 7. The molecular weight excluding hydrogens is 302 g/mol. The predicted octanol–water partition coefficient (Wildman–Crippen LogP) is 2.27. The Kier molecular flexibility index (Phi) is 5.48. The number of nitrogens with zero attached hydrogens (tertiary/aromatic N) is 1. The molecule has 0 aliphatic heterocycles. The van der Waals surface area contributed by atoms with E-state index >= 15 is 0 Å². The van der Waals surface area contributed by atoms with Crippen molar-refractivity contribution in [3.05, 3.63) is 36.0 Å². The minimum absolute atomic E-state index is 0.188. The average molecular weight is 319 g/mol. The van der Waals surface area contributed by atoms with Gasteiger partial charge in [0.2, 0.25) is 0 Å². The predicted molar refractivity (Wildman–Crippen MR) is 85.8 cm³/mol. The number of primary amides is 1. The van der Waals surface area contributed by atoms with E-state index in [9.17, 15) is 9.59 Å². The zero-order chi connectivity index (χ0) is 15.9. The lowest BCUT2D eigenvalue weighted by molar-refractivity contribution is -0.142. The maximum absolute atomic E-state index is 11.5. The van der Waals surface area contributed by atoms with Crippen LogP contribution in [0.25, 0.3) is 10.6 Å². The van der Waals surface area contributed by atoms with E-state index in [2.05, 4.69) is 10.3 Å². The van der Waals surface area contributed by atoms with E-state index in [1.807, 2.05) is 30.3 Å². The molecule has 2 rings (SSSR count). The molecule has 116 valence electrons. The lowest BCUT2D eigenvalue weighted by Crippen LogP contribution is -2.16. The third kappa shape index (κ3) is 4.05. The van der Waals surface area contributed by atoms with E-state index in [0.717, 1.165) is 5.56 Å². The third-order valence-electron chi connectivity index (χ3n) is 2.80. The number of benzene rings is 1. The first-order chi connectivity index (χ1) is 10.6. The van der Waals surface area contributed by atoms with Crippen LogP contribution in [0.2, 0.25) is 0 Å². The molecule has 0 aliphatic rings. The number of nitrogens with two attached hydrogens (primary N) is 1. The van der Waals surface area contributed by atoms with Crippen LogP contribution in [-0.4, -0.2) is 30.0 Å². The van der Waals surface area contributed by atoms with Crippen molar-refractivity contribution in [3.8, 4) is 10.6 Å². The van der Waals surface area contributed by atoms with Crippen molar-refractivity contribution in [2.45, 2.75) is 13.3 Å². The van der Waals surface area contributed by atoms with Gasteiger partial charge in [-0.25, -0.2) is 4.98 Å². The lowest BCUT2D eigenvalue weighted by Gasteiger charge is -2.04. The highest BCUT2D eigenvalue weighted by Gasteiger charge is 2.16. The van der Waals surface area contributed by atoms with E-state index in [0.29, 0.717) is 23.2 Å². The molecule has 0 aliphatic carbocycles. The molecule has 0 saturated carbocycles. The SMILES string of the molecule is CCOC(=O)CCNc1sc(-c2ccccc2)nc1C(N)=O. The van der Waals surface area contributed by atoms with Crippen LogP contribution in [0.4, 0.5) is 5.00 Å². The van der Waals surface area contributed by atoms with Crippen LogP contribution in [0.15, 0.2) is 30.3 Å². The summed E-state index contributed by atoms with van der Waals surface area (Å²) in [6.07, 6.45) is 0.213. The van der Waals surface area contributed by atoms with Crippen LogP contribution in [-0.2, 0) is 9.53 Å². The van der Waals surface area contributed by atoms with Gasteiger partial charge in [-0.15, -0.1) is 0 Å². The molecule has 6 nitrogen and oxygen atoms in total. The fourth-order valence-electron chi connectivity index (χ4n) is 1.82. The summed E-state index contributed by atoms with van der Waals surface area (Å²) in [5.74, 6) is -0.888. The number of hydrogen-bond donors (Lipinski definition) is 2. The van der Waals surface area contributed by atoms with Gasteiger partial charge in [0.25, 0.3) is 5.91 Å². The topological polar surface area (TPSA) is 94.3 Å². The number of ether oxygens (including phenoxy) is 1. The average Bonchev–Trinajstić information content (AvgIpc) is 2.93. The highest BCUT2D eigenvalue weighted by molar-refractivity contribution is 7.19. The Morgan fingerprint density at radius 1 is 1.32 bits per heavy atom. The van der Waals surface area contributed by atoms with Crippen molar-refractivity contribution < 1.29 is 14.3 Å². The smallest absolute Gasteiger partial charge is 0.307 e. The molecule has 1 amide bonds. The molecule has 3 N–H and O–H groups in total. The van der Waals surface area contributed by atoms with E-state index in [1.54, 1.807) is 6.92 Å². The van der Waals surface area contributed by atoms with Crippen LogP contribution in [0.1, 0.15) is 23.8 Å². The number of nitrogens with one attached hydrogen (secondary N) is 1. The second-order valence-corrected chi connectivity index (χ2v) is 5.41. The summed E-state index contributed by atoms with van der Waals surface area (Å²) < 4.78 is 4.85. The molecular formula is C15H17N3O3S. The van der Waals surface area contributed by atoms with Gasteiger partial charge < -0.3 is 15.8 Å². The van der Waals surface area contributed by atoms with Crippen LogP contribution >= 0.6 is 11.3 Å². The first-order valence-corrected chi connectivity index (χ1v) is 7.69. The zero-order valence-corrected chi connectivity index (χ0v) is 13.0. The Hall–Kier alpha value is -2.41. The summed E-state index contributed by atoms with van der Waals surface area (Å²) >= 11 is 1.33. The standard InChI is InChI=1S/C15H17N3O3S/c1-2-21-11(19)8-9-17-15-12(13(16)20)18-14(22-15)10-6-4-3-5-7-10/h3-7,17H,2,8-9H2,1H3,(H2,16,20). The molecule has 1 aromatic heterocycles. The molecule has 0 bridgehead atoms. The Morgan fingerprint density at radius 3 is 2.68 bits per heavy atom. The first-order valence-electron chi connectivity index (χ1n) is 6.87. The van der Waals surface area contributed by atoms with Gasteiger partial charge in [0.15, 0.2) is 5.69 Å². The maximum atomic E-state index is 11.5. The molecule has 7 heteroatoms. The number of esters is 1. The number of carbonyl (C=O) groups excluding carboxylic acids is 2. The van der Waals surface area contributed by atoms with Crippen LogP contribution in [0.3, 0.4) is 0 Å². The molecule has 1 heterocycles. The van der Waals surface area contributed by atoms with Crippen molar-refractivity contribution in [1.29, 1.82) is 0 Å². The van der Waals surface area contributed by atoms with Gasteiger partial charge in [-0.3, -0.25) is 9.59 Å². The number of aromatic nitrogens is 1. The molecule has 0 fully saturated rings. The van der Waals surface area contributed by atoms with E-state index in [4.69, 9.17) is 10.5 Å². The van der Waals surface area contributed by atoms with Gasteiger partial charge in [-0.1, -0.05) is 41.7 Å². The normalized spacial score (nSPS) is 10.2. The summed E-state index contributed by atoms with van der Waals surface area (Å²) in [7, 11) is 0. The Morgan fingerprint density at radius 2 is 2.05 bits per heavy atom. The largest absolute Gasteiger partial charge is 0.466 e. The van der Waals surface area contributed by atoms with Crippen molar-refractivity contribution >= 4 is 28.2 Å². The third-order valence-corrected chi connectivity index (χ3v) is 3.86. The van der Waals surface area contributed by atoms with Crippen molar-refractivity contribution in [1.82, 2.24) is 4.98 Å². The Balaban J connectivity index is 2.11. The van der Waals surface area contributed by atoms with E-state index in [1.165, 1.54) is 11.3 Å². The van der Waals surface area contributed by atoms with Gasteiger partial charge in [-0.2, -0.15) is 0 Å². The Bertz CT molecular complexity index is 655. The summed E-state index contributed by atoms with van der Waals surface area (Å²) in [5.41, 5.74) is 6.46. The van der Waals surface area contributed by atoms with E-state index in [-0.39, 0.29) is 18.1 Å². The fourth-order valence-corrected chi connectivity index (χ4v) is 2.82. The number of hydrogen-bond acceptors (Lipinski definition) is 6. The first kappa shape index (κ1) is 16.0. The minimum Gasteiger partial charge on any atom is -0.466 e. The molecule has 0 spiro atoms. The zero-order valence-electron chi connectivity index (χ0n) is 12.2. The fraction of sp³-hybridized carbons (Fsp3) is 0.267. The summed E-state index contributed by atoms with van der Waals surface area (Å²) in [6, 6.07) is 9.52. The quantitative estimate of drug-likeness (QED) is 0.764. The number of carbonyl (C=O) groups is 2. The molecule has 0 unspecified atom stereocenters. The van der Waals surface area contributed by atoms with Gasteiger partial charge >= 0.3 is 5.97 Å². The van der Waals surface area contributed by atoms with Gasteiger partial charge in [0, 0.05) is 12.1 Å².